The number of nitrogens with one attached hydrogen (secondary N) is 2. The van der Waals surface area contributed by atoms with E-state index in [1.807, 2.05) is 0 Å². The van der Waals surface area contributed by atoms with Gasteiger partial charge >= 0.3 is 0 Å². The van der Waals surface area contributed by atoms with Gasteiger partial charge in [0.05, 0.1) is 0 Å². The van der Waals surface area contributed by atoms with Crippen LogP contribution in [0, 0.1) is 0 Å². The first-order valence-electron chi connectivity index (χ1n) is 6.99. The lowest BCUT2D eigenvalue weighted by molar-refractivity contribution is 0.461. The van der Waals surface area contributed by atoms with Gasteiger partial charge in [0.2, 0.25) is 0 Å². The molecular formula is C17H20N2. The molecule has 2 aromatic carbocycles. The molecule has 0 radical (unpaired) electrons. The molecule has 1 aliphatic heterocycles. The highest BCUT2D eigenvalue weighted by molar-refractivity contribution is 5.22. The van der Waals surface area contributed by atoms with E-state index in [1.54, 1.807) is 0 Å². The highest BCUT2D eigenvalue weighted by atomic mass is 15.1. The van der Waals surface area contributed by atoms with Gasteiger partial charge in [-0.25, -0.2) is 0 Å². The standard InChI is InChI=1S/C17H20N2/c1-3-7-14(8-4-1)13-19-16-11-12-18-17(16)15-9-5-2-6-10-15/h1-10,16-19H,11-13H2. The highest BCUT2D eigenvalue weighted by Crippen LogP contribution is 2.23. The summed E-state index contributed by atoms with van der Waals surface area (Å²) in [5, 5.41) is 7.28. The van der Waals surface area contributed by atoms with Gasteiger partial charge in [-0.2, -0.15) is 0 Å². The zero-order valence-corrected chi connectivity index (χ0v) is 11.0. The van der Waals surface area contributed by atoms with E-state index >= 15 is 0 Å². The van der Waals surface area contributed by atoms with E-state index in [2.05, 4.69) is 71.3 Å². The monoisotopic (exact) mass is 252 g/mol. The molecule has 2 nitrogen and oxygen atoms in total. The van der Waals surface area contributed by atoms with Crippen LogP contribution >= 0.6 is 0 Å². The average Bonchev–Trinajstić information content (AvgIpc) is 2.95. The Balaban J connectivity index is 1.64. The predicted octanol–water partition coefficient (Wildman–Crippen LogP) is 2.88. The van der Waals surface area contributed by atoms with Crippen molar-refractivity contribution in [3.8, 4) is 0 Å². The number of rotatable bonds is 4. The van der Waals surface area contributed by atoms with Crippen molar-refractivity contribution in [2.45, 2.75) is 25.0 Å². The minimum atomic E-state index is 0.435. The molecule has 98 valence electrons. The van der Waals surface area contributed by atoms with Gasteiger partial charge in [-0.05, 0) is 24.1 Å². The van der Waals surface area contributed by atoms with Gasteiger partial charge in [0.15, 0.2) is 0 Å². The summed E-state index contributed by atoms with van der Waals surface area (Å²) < 4.78 is 0. The summed E-state index contributed by atoms with van der Waals surface area (Å²) >= 11 is 0. The largest absolute Gasteiger partial charge is 0.309 e. The van der Waals surface area contributed by atoms with Crippen LogP contribution in [0.2, 0.25) is 0 Å². The fourth-order valence-electron chi connectivity index (χ4n) is 2.78. The Kier molecular flexibility index (Phi) is 3.92. The molecule has 2 atom stereocenters. The molecule has 0 spiro atoms. The zero-order chi connectivity index (χ0) is 12.9. The Morgan fingerprint density at radius 2 is 1.63 bits per heavy atom. The van der Waals surface area contributed by atoms with E-state index in [0.717, 1.165) is 13.1 Å². The molecule has 19 heavy (non-hydrogen) atoms. The molecule has 1 saturated heterocycles. The van der Waals surface area contributed by atoms with Gasteiger partial charge in [0.1, 0.15) is 0 Å². The smallest absolute Gasteiger partial charge is 0.0476 e. The second kappa shape index (κ2) is 6.00. The van der Waals surface area contributed by atoms with Crippen LogP contribution in [0.5, 0.6) is 0 Å². The van der Waals surface area contributed by atoms with Crippen LogP contribution in [-0.2, 0) is 6.54 Å². The summed E-state index contributed by atoms with van der Waals surface area (Å²) in [6.45, 7) is 2.03. The Morgan fingerprint density at radius 1 is 0.947 bits per heavy atom. The van der Waals surface area contributed by atoms with Gasteiger partial charge in [0, 0.05) is 18.6 Å². The first kappa shape index (κ1) is 12.4. The molecule has 0 aliphatic carbocycles. The third kappa shape index (κ3) is 3.03. The van der Waals surface area contributed by atoms with Gasteiger partial charge in [0.25, 0.3) is 0 Å². The van der Waals surface area contributed by atoms with Crippen molar-refractivity contribution in [3.05, 3.63) is 71.8 Å². The summed E-state index contributed by atoms with van der Waals surface area (Å²) in [6.07, 6.45) is 1.19. The van der Waals surface area contributed by atoms with Gasteiger partial charge in [-0.1, -0.05) is 60.7 Å². The summed E-state index contributed by atoms with van der Waals surface area (Å²) in [5.74, 6) is 0. The predicted molar refractivity (Wildman–Crippen MR) is 78.9 cm³/mol. The van der Waals surface area contributed by atoms with Gasteiger partial charge < -0.3 is 10.6 Å². The van der Waals surface area contributed by atoms with Crippen molar-refractivity contribution < 1.29 is 0 Å². The maximum atomic E-state index is 3.68. The molecular weight excluding hydrogens is 232 g/mol. The lowest BCUT2D eigenvalue weighted by Gasteiger charge is -2.21. The third-order valence-corrected chi connectivity index (χ3v) is 3.79. The van der Waals surface area contributed by atoms with Crippen molar-refractivity contribution in [1.29, 1.82) is 0 Å². The van der Waals surface area contributed by atoms with Crippen molar-refractivity contribution in [1.82, 2.24) is 10.6 Å². The normalized spacial score (nSPS) is 22.5. The molecule has 0 amide bonds. The fraction of sp³-hybridized carbons (Fsp3) is 0.294. The van der Waals surface area contributed by atoms with E-state index in [9.17, 15) is 0 Å². The molecule has 2 heteroatoms. The van der Waals surface area contributed by atoms with Crippen LogP contribution in [0.15, 0.2) is 60.7 Å². The van der Waals surface area contributed by atoms with E-state index in [-0.39, 0.29) is 0 Å². The SMILES string of the molecule is c1ccc(CNC2CCNC2c2ccccc2)cc1. The maximum absolute atomic E-state index is 3.68. The topological polar surface area (TPSA) is 24.1 Å². The van der Waals surface area contributed by atoms with Crippen LogP contribution < -0.4 is 10.6 Å². The number of benzene rings is 2. The second-order valence-corrected chi connectivity index (χ2v) is 5.10. The summed E-state index contributed by atoms with van der Waals surface area (Å²) in [7, 11) is 0. The van der Waals surface area contributed by atoms with E-state index < -0.39 is 0 Å². The Bertz CT molecular complexity index is 495. The molecule has 1 fully saturated rings. The molecule has 1 aliphatic rings. The first-order valence-corrected chi connectivity index (χ1v) is 6.99. The summed E-state index contributed by atoms with van der Waals surface area (Å²) in [5.41, 5.74) is 2.73. The molecule has 1 heterocycles. The van der Waals surface area contributed by atoms with Crippen molar-refractivity contribution >= 4 is 0 Å². The quantitative estimate of drug-likeness (QED) is 0.874. The molecule has 0 bridgehead atoms. The zero-order valence-electron chi connectivity index (χ0n) is 11.0. The summed E-state index contributed by atoms with van der Waals surface area (Å²) in [6, 6.07) is 22.3. The van der Waals surface area contributed by atoms with E-state index in [1.165, 1.54) is 17.5 Å². The molecule has 0 aromatic heterocycles. The van der Waals surface area contributed by atoms with E-state index in [0.29, 0.717) is 12.1 Å². The Labute approximate surface area is 114 Å². The van der Waals surface area contributed by atoms with Crippen LogP contribution in [0.3, 0.4) is 0 Å². The van der Waals surface area contributed by atoms with Crippen molar-refractivity contribution in [2.75, 3.05) is 6.54 Å². The first-order chi connectivity index (χ1) is 9.43. The van der Waals surface area contributed by atoms with Crippen molar-refractivity contribution in [3.63, 3.8) is 0 Å². The lowest BCUT2D eigenvalue weighted by atomic mass is 10.0. The van der Waals surface area contributed by atoms with Gasteiger partial charge in [-0.15, -0.1) is 0 Å². The van der Waals surface area contributed by atoms with Crippen molar-refractivity contribution in [2.24, 2.45) is 0 Å². The molecule has 2 N–H and O–H groups in total. The van der Waals surface area contributed by atoms with Crippen LogP contribution in [-0.4, -0.2) is 12.6 Å². The summed E-state index contributed by atoms with van der Waals surface area (Å²) in [4.78, 5) is 0. The number of hydrogen-bond acceptors (Lipinski definition) is 2. The Hall–Kier alpha value is -1.64. The van der Waals surface area contributed by atoms with Crippen LogP contribution in [0.4, 0.5) is 0 Å². The average molecular weight is 252 g/mol. The minimum Gasteiger partial charge on any atom is -0.309 e. The minimum absolute atomic E-state index is 0.435. The molecule has 3 rings (SSSR count). The number of hydrogen-bond donors (Lipinski definition) is 2. The highest BCUT2D eigenvalue weighted by Gasteiger charge is 2.27. The Morgan fingerprint density at radius 3 is 2.37 bits per heavy atom. The maximum Gasteiger partial charge on any atom is 0.0476 e. The lowest BCUT2D eigenvalue weighted by Crippen LogP contribution is -2.33. The fourth-order valence-corrected chi connectivity index (χ4v) is 2.78. The second-order valence-electron chi connectivity index (χ2n) is 5.10. The van der Waals surface area contributed by atoms with E-state index in [4.69, 9.17) is 0 Å². The molecule has 0 saturated carbocycles. The van der Waals surface area contributed by atoms with Crippen LogP contribution in [0.25, 0.3) is 0 Å². The van der Waals surface area contributed by atoms with Gasteiger partial charge in [-0.3, -0.25) is 0 Å². The molecule has 2 unspecified atom stereocenters. The van der Waals surface area contributed by atoms with Crippen LogP contribution in [0.1, 0.15) is 23.6 Å². The molecule has 2 aromatic rings. The third-order valence-electron chi connectivity index (χ3n) is 3.79.